The topological polar surface area (TPSA) is 47.9 Å². The fraction of sp³-hybridized carbons (Fsp3) is 0.400. The first-order valence-electron chi connectivity index (χ1n) is 8.83. The molecule has 2 rings (SSSR count). The number of halogens is 1. The van der Waals surface area contributed by atoms with Gasteiger partial charge in [0.15, 0.2) is 5.96 Å². The molecule has 0 aliphatic rings. The van der Waals surface area contributed by atoms with E-state index >= 15 is 0 Å². The minimum Gasteiger partial charge on any atom is -0.357 e. The second-order valence-corrected chi connectivity index (χ2v) is 7.35. The molecule has 0 aliphatic heterocycles. The number of amides is 1. The summed E-state index contributed by atoms with van der Waals surface area (Å²) in [5.41, 5.74) is 1.78. The van der Waals surface area contributed by atoms with Crippen LogP contribution in [0.15, 0.2) is 46.8 Å². The molecule has 7 heteroatoms. The summed E-state index contributed by atoms with van der Waals surface area (Å²) in [6.45, 7) is 4.41. The molecule has 0 aliphatic carbocycles. The maximum Gasteiger partial charge on any atom is 0.253 e. The standard InChI is InChI=1S/C20H28N4OS.HI/c1-5-21-20(24(4)13-12-18-7-6-14-26-18)22-15-16-8-10-17(11-9-16)19(25)23(2)3;/h6-11,14H,5,12-13,15H2,1-4H3,(H,21,22);1H. The Hall–Kier alpha value is -1.61. The van der Waals surface area contributed by atoms with Crippen LogP contribution in [0, 0.1) is 0 Å². The summed E-state index contributed by atoms with van der Waals surface area (Å²) in [6.07, 6.45) is 1.01. The SMILES string of the molecule is CCNC(=NCc1ccc(C(=O)N(C)C)cc1)N(C)CCc1cccs1.I. The molecular weight excluding hydrogens is 471 g/mol. The van der Waals surface area contributed by atoms with Gasteiger partial charge < -0.3 is 15.1 Å². The van der Waals surface area contributed by atoms with E-state index in [0.717, 1.165) is 31.0 Å². The molecule has 0 saturated carbocycles. The van der Waals surface area contributed by atoms with Crippen molar-refractivity contribution in [1.29, 1.82) is 0 Å². The molecule has 0 spiro atoms. The summed E-state index contributed by atoms with van der Waals surface area (Å²) >= 11 is 1.79. The third-order valence-corrected chi connectivity index (χ3v) is 4.92. The Bertz CT molecular complexity index is 714. The van der Waals surface area contributed by atoms with Crippen LogP contribution in [0.3, 0.4) is 0 Å². The monoisotopic (exact) mass is 500 g/mol. The molecule has 0 saturated heterocycles. The van der Waals surface area contributed by atoms with Crippen molar-refractivity contribution in [1.82, 2.24) is 15.1 Å². The Kier molecular flexibility index (Phi) is 10.4. The van der Waals surface area contributed by atoms with Gasteiger partial charge in [0.1, 0.15) is 0 Å². The normalized spacial score (nSPS) is 10.9. The number of carbonyl (C=O) groups is 1. The zero-order valence-corrected chi connectivity index (χ0v) is 19.6. The number of nitrogens with zero attached hydrogens (tertiary/aromatic N) is 3. The molecule has 1 N–H and O–H groups in total. The van der Waals surface area contributed by atoms with E-state index in [9.17, 15) is 4.79 Å². The summed E-state index contributed by atoms with van der Waals surface area (Å²) < 4.78 is 0. The fourth-order valence-corrected chi connectivity index (χ4v) is 3.18. The van der Waals surface area contributed by atoms with Gasteiger partial charge in [-0.05, 0) is 42.5 Å². The maximum absolute atomic E-state index is 11.9. The molecule has 148 valence electrons. The molecule has 0 atom stereocenters. The molecule has 0 radical (unpaired) electrons. The van der Waals surface area contributed by atoms with Gasteiger partial charge in [0.05, 0.1) is 6.54 Å². The highest BCUT2D eigenvalue weighted by Gasteiger charge is 2.08. The molecular formula is C20H29IN4OS. The van der Waals surface area contributed by atoms with Gasteiger partial charge in [-0.15, -0.1) is 35.3 Å². The Morgan fingerprint density at radius 3 is 2.41 bits per heavy atom. The van der Waals surface area contributed by atoms with Crippen molar-refractivity contribution in [3.8, 4) is 0 Å². The molecule has 0 fully saturated rings. The Labute approximate surface area is 183 Å². The molecule has 27 heavy (non-hydrogen) atoms. The van der Waals surface area contributed by atoms with Crippen molar-refractivity contribution < 1.29 is 4.79 Å². The number of hydrogen-bond donors (Lipinski definition) is 1. The van der Waals surface area contributed by atoms with Crippen molar-refractivity contribution in [3.05, 3.63) is 57.8 Å². The first kappa shape index (κ1) is 23.4. The van der Waals surface area contributed by atoms with Gasteiger partial charge in [-0.25, -0.2) is 4.99 Å². The van der Waals surface area contributed by atoms with E-state index in [0.29, 0.717) is 12.1 Å². The molecule has 1 aromatic carbocycles. The highest BCUT2D eigenvalue weighted by molar-refractivity contribution is 14.0. The van der Waals surface area contributed by atoms with Gasteiger partial charge in [0.2, 0.25) is 0 Å². The van der Waals surface area contributed by atoms with E-state index in [2.05, 4.69) is 41.7 Å². The zero-order valence-electron chi connectivity index (χ0n) is 16.4. The van der Waals surface area contributed by atoms with E-state index in [1.54, 1.807) is 30.3 Å². The first-order chi connectivity index (χ1) is 12.5. The van der Waals surface area contributed by atoms with Gasteiger partial charge in [-0.1, -0.05) is 18.2 Å². The summed E-state index contributed by atoms with van der Waals surface area (Å²) in [7, 11) is 5.58. The number of likely N-dealkylation sites (N-methyl/N-ethyl adjacent to an activating group) is 1. The van der Waals surface area contributed by atoms with Crippen LogP contribution in [0.5, 0.6) is 0 Å². The lowest BCUT2D eigenvalue weighted by molar-refractivity contribution is 0.0827. The van der Waals surface area contributed by atoms with Crippen molar-refractivity contribution in [2.75, 3.05) is 34.2 Å². The van der Waals surface area contributed by atoms with Crippen LogP contribution in [0.1, 0.15) is 27.7 Å². The molecule has 5 nitrogen and oxygen atoms in total. The van der Waals surface area contributed by atoms with Gasteiger partial charge in [0, 0.05) is 44.7 Å². The Balaban J connectivity index is 0.00000364. The largest absolute Gasteiger partial charge is 0.357 e. The molecule has 1 amide bonds. The average molecular weight is 500 g/mol. The van der Waals surface area contributed by atoms with Crippen molar-refractivity contribution in [3.63, 3.8) is 0 Å². The number of aliphatic imine (C=N–C) groups is 1. The molecule has 0 unspecified atom stereocenters. The number of carbonyl (C=O) groups excluding carboxylic acids is 1. The van der Waals surface area contributed by atoms with Gasteiger partial charge in [-0.2, -0.15) is 0 Å². The van der Waals surface area contributed by atoms with Crippen molar-refractivity contribution in [2.45, 2.75) is 19.9 Å². The molecule has 2 aromatic rings. The summed E-state index contributed by atoms with van der Waals surface area (Å²) in [5, 5.41) is 5.46. The number of hydrogen-bond acceptors (Lipinski definition) is 3. The van der Waals surface area contributed by atoms with Gasteiger partial charge in [0.25, 0.3) is 5.91 Å². The second kappa shape index (κ2) is 12.0. The Morgan fingerprint density at radius 2 is 1.85 bits per heavy atom. The minimum atomic E-state index is 0. The number of guanidine groups is 1. The van der Waals surface area contributed by atoms with Crippen LogP contribution in [0.25, 0.3) is 0 Å². The summed E-state index contributed by atoms with van der Waals surface area (Å²) in [4.78, 5) is 21.8. The van der Waals surface area contributed by atoms with Crippen LogP contribution in [0.2, 0.25) is 0 Å². The minimum absolute atomic E-state index is 0. The van der Waals surface area contributed by atoms with Crippen LogP contribution in [-0.2, 0) is 13.0 Å². The van der Waals surface area contributed by atoms with Crippen LogP contribution >= 0.6 is 35.3 Å². The molecule has 0 bridgehead atoms. The third kappa shape index (κ3) is 7.50. The maximum atomic E-state index is 11.9. The summed E-state index contributed by atoms with van der Waals surface area (Å²) in [6, 6.07) is 11.9. The lowest BCUT2D eigenvalue weighted by Crippen LogP contribution is -2.39. The predicted molar refractivity (Wildman–Crippen MR) is 125 cm³/mol. The van der Waals surface area contributed by atoms with E-state index in [-0.39, 0.29) is 29.9 Å². The van der Waals surface area contributed by atoms with Gasteiger partial charge in [-0.3, -0.25) is 4.79 Å². The second-order valence-electron chi connectivity index (χ2n) is 6.32. The number of thiophene rings is 1. The highest BCUT2D eigenvalue weighted by atomic mass is 127. The van der Waals surface area contributed by atoms with E-state index < -0.39 is 0 Å². The van der Waals surface area contributed by atoms with E-state index in [1.807, 2.05) is 24.3 Å². The first-order valence-corrected chi connectivity index (χ1v) is 9.71. The molecule has 1 aromatic heterocycles. The average Bonchev–Trinajstić information content (AvgIpc) is 3.16. The quantitative estimate of drug-likeness (QED) is 0.358. The van der Waals surface area contributed by atoms with Crippen molar-refractivity contribution in [2.24, 2.45) is 4.99 Å². The Morgan fingerprint density at radius 1 is 1.15 bits per heavy atom. The smallest absolute Gasteiger partial charge is 0.253 e. The van der Waals surface area contributed by atoms with Crippen molar-refractivity contribution >= 4 is 47.2 Å². The summed E-state index contributed by atoms with van der Waals surface area (Å²) in [5.74, 6) is 0.916. The van der Waals surface area contributed by atoms with E-state index in [4.69, 9.17) is 4.99 Å². The molecule has 1 heterocycles. The van der Waals surface area contributed by atoms with Crippen LogP contribution < -0.4 is 5.32 Å². The number of benzene rings is 1. The lowest BCUT2D eigenvalue weighted by Gasteiger charge is -2.21. The van der Waals surface area contributed by atoms with Crippen LogP contribution in [-0.4, -0.2) is 55.9 Å². The van der Waals surface area contributed by atoms with Crippen LogP contribution in [0.4, 0.5) is 0 Å². The lowest BCUT2D eigenvalue weighted by atomic mass is 10.1. The zero-order chi connectivity index (χ0) is 18.9. The number of nitrogens with one attached hydrogen (secondary N) is 1. The highest BCUT2D eigenvalue weighted by Crippen LogP contribution is 2.10. The fourth-order valence-electron chi connectivity index (χ4n) is 2.49. The third-order valence-electron chi connectivity index (χ3n) is 3.99. The predicted octanol–water partition coefficient (Wildman–Crippen LogP) is 3.71. The van der Waals surface area contributed by atoms with E-state index in [1.165, 1.54) is 4.88 Å². The van der Waals surface area contributed by atoms with Gasteiger partial charge >= 0.3 is 0 Å². The number of rotatable bonds is 7.